The summed E-state index contributed by atoms with van der Waals surface area (Å²) >= 11 is 0. The summed E-state index contributed by atoms with van der Waals surface area (Å²) in [6, 6.07) is 10.4. The highest BCUT2D eigenvalue weighted by Gasteiger charge is 2.11. The summed E-state index contributed by atoms with van der Waals surface area (Å²) in [6.45, 7) is 2.64. The first-order valence-corrected chi connectivity index (χ1v) is 11.7. The smallest absolute Gasteiger partial charge is 0.206 e. The molecule has 184 valence electrons. The maximum atomic E-state index is 9.58. The molecule has 0 spiro atoms. The average molecular weight is 485 g/mol. The molecule has 0 bridgehead atoms. The van der Waals surface area contributed by atoms with Gasteiger partial charge in [0.1, 0.15) is 30.8 Å². The van der Waals surface area contributed by atoms with E-state index in [0.717, 1.165) is 18.9 Å². The van der Waals surface area contributed by atoms with Gasteiger partial charge in [0.25, 0.3) is 0 Å². The van der Waals surface area contributed by atoms with Crippen LogP contribution in [-0.2, 0) is 6.54 Å². The van der Waals surface area contributed by atoms with Gasteiger partial charge >= 0.3 is 0 Å². The van der Waals surface area contributed by atoms with Gasteiger partial charge in [-0.25, -0.2) is 19.6 Å². The first kappa shape index (κ1) is 24.4. The molecule has 0 atom stereocenters. The van der Waals surface area contributed by atoms with Crippen LogP contribution in [0.1, 0.15) is 31.5 Å². The van der Waals surface area contributed by atoms with Gasteiger partial charge in [0.2, 0.25) is 5.82 Å². The number of rotatable bonds is 3. The Bertz CT molecular complexity index is 1320. The third kappa shape index (κ3) is 6.66. The van der Waals surface area contributed by atoms with Crippen molar-refractivity contribution in [3.63, 3.8) is 0 Å². The minimum Gasteiger partial charge on any atom is -0.507 e. The Morgan fingerprint density at radius 3 is 2.53 bits per heavy atom. The van der Waals surface area contributed by atoms with Crippen LogP contribution < -0.4 is 16.4 Å². The Hall–Kier alpha value is -4.72. The standard InChI is InChI=1S/C15H18N6.C10H10N4O/c1-2-4-10-20(9-3-1)15-7-8-17-14(19-15)6-5-11-21-13-16-12-18-21;11-7-5-8(13-14-10(7)12)6-3-1-2-4-9(6)15/h7-8,12-13H,1-4,9-11H2;1-5,15H,(H2,11,13)(H2,12,14). The Morgan fingerprint density at radius 2 is 1.81 bits per heavy atom. The van der Waals surface area contributed by atoms with E-state index in [1.54, 1.807) is 47.5 Å². The van der Waals surface area contributed by atoms with E-state index in [1.807, 2.05) is 6.07 Å². The number of phenolic OH excluding ortho intramolecular Hbond substituents is 1. The molecule has 0 unspecified atom stereocenters. The number of para-hydroxylation sites is 1. The highest BCUT2D eigenvalue weighted by Crippen LogP contribution is 2.28. The normalized spacial score (nSPS) is 13.1. The number of nitrogens with zero attached hydrogens (tertiary/aromatic N) is 8. The molecule has 1 saturated heterocycles. The molecule has 1 aliphatic heterocycles. The molecule has 0 saturated carbocycles. The van der Waals surface area contributed by atoms with Crippen molar-refractivity contribution in [3.8, 4) is 28.8 Å². The highest BCUT2D eigenvalue weighted by molar-refractivity contribution is 5.71. The van der Waals surface area contributed by atoms with Gasteiger partial charge in [-0.15, -0.1) is 10.2 Å². The molecular formula is C25H28N10O. The zero-order valence-electron chi connectivity index (χ0n) is 19.8. The van der Waals surface area contributed by atoms with Crippen molar-refractivity contribution in [2.75, 3.05) is 29.5 Å². The predicted molar refractivity (Wildman–Crippen MR) is 138 cm³/mol. The number of nitrogen functional groups attached to an aromatic ring is 2. The van der Waals surface area contributed by atoms with Crippen molar-refractivity contribution in [2.24, 2.45) is 0 Å². The lowest BCUT2D eigenvalue weighted by Gasteiger charge is -2.20. The van der Waals surface area contributed by atoms with Gasteiger partial charge in [-0.2, -0.15) is 5.10 Å². The van der Waals surface area contributed by atoms with Crippen molar-refractivity contribution < 1.29 is 5.11 Å². The molecule has 1 fully saturated rings. The van der Waals surface area contributed by atoms with E-state index < -0.39 is 0 Å². The molecular weight excluding hydrogens is 456 g/mol. The summed E-state index contributed by atoms with van der Waals surface area (Å²) in [5, 5.41) is 21.1. The molecule has 11 nitrogen and oxygen atoms in total. The number of phenols is 1. The van der Waals surface area contributed by atoms with Gasteiger partial charge < -0.3 is 21.5 Å². The van der Waals surface area contributed by atoms with Crippen LogP contribution in [0.25, 0.3) is 11.3 Å². The second-order valence-corrected chi connectivity index (χ2v) is 8.12. The third-order valence-corrected chi connectivity index (χ3v) is 5.51. The number of aromatic nitrogens is 7. The van der Waals surface area contributed by atoms with Crippen molar-refractivity contribution in [1.29, 1.82) is 0 Å². The largest absolute Gasteiger partial charge is 0.507 e. The highest BCUT2D eigenvalue weighted by atomic mass is 16.3. The molecule has 4 heterocycles. The van der Waals surface area contributed by atoms with Crippen LogP contribution in [0.2, 0.25) is 0 Å². The van der Waals surface area contributed by atoms with Gasteiger partial charge in [0.15, 0.2) is 5.82 Å². The van der Waals surface area contributed by atoms with Crippen molar-refractivity contribution >= 4 is 17.3 Å². The molecule has 4 aromatic rings. The van der Waals surface area contributed by atoms with Crippen LogP contribution in [-0.4, -0.2) is 53.1 Å². The lowest BCUT2D eigenvalue weighted by Crippen LogP contribution is -2.25. The molecule has 0 radical (unpaired) electrons. The zero-order chi connectivity index (χ0) is 25.2. The van der Waals surface area contributed by atoms with Crippen LogP contribution in [0.3, 0.4) is 0 Å². The van der Waals surface area contributed by atoms with Crippen LogP contribution >= 0.6 is 0 Å². The number of nitrogens with two attached hydrogens (primary N) is 2. The molecule has 1 aliphatic rings. The van der Waals surface area contributed by atoms with Gasteiger partial charge in [0, 0.05) is 24.8 Å². The molecule has 0 amide bonds. The van der Waals surface area contributed by atoms with Gasteiger partial charge in [0.05, 0.1) is 11.4 Å². The van der Waals surface area contributed by atoms with Crippen LogP contribution in [0.4, 0.5) is 17.3 Å². The molecule has 11 heteroatoms. The van der Waals surface area contributed by atoms with Crippen molar-refractivity contribution in [2.45, 2.75) is 32.2 Å². The fraction of sp³-hybridized carbons (Fsp3) is 0.280. The summed E-state index contributed by atoms with van der Waals surface area (Å²) in [5.41, 5.74) is 12.5. The Labute approximate surface area is 209 Å². The number of aromatic hydroxyl groups is 1. The van der Waals surface area contributed by atoms with Crippen LogP contribution in [0.5, 0.6) is 5.75 Å². The number of anilines is 3. The Balaban J connectivity index is 0.000000179. The van der Waals surface area contributed by atoms with E-state index in [9.17, 15) is 5.11 Å². The van der Waals surface area contributed by atoms with E-state index in [1.165, 1.54) is 32.0 Å². The molecule has 36 heavy (non-hydrogen) atoms. The molecule has 1 aromatic carbocycles. The molecule has 3 aromatic heterocycles. The zero-order valence-corrected chi connectivity index (χ0v) is 19.8. The summed E-state index contributed by atoms with van der Waals surface area (Å²) in [6.07, 6.45) is 10.0. The van der Waals surface area contributed by atoms with Crippen molar-refractivity contribution in [1.82, 2.24) is 34.9 Å². The monoisotopic (exact) mass is 484 g/mol. The topological polar surface area (TPSA) is 158 Å². The van der Waals surface area contributed by atoms with Crippen LogP contribution in [0, 0.1) is 11.8 Å². The van der Waals surface area contributed by atoms with E-state index in [2.05, 4.69) is 47.0 Å². The average Bonchev–Trinajstić information content (AvgIpc) is 3.26. The summed E-state index contributed by atoms with van der Waals surface area (Å²) in [7, 11) is 0. The molecule has 0 aliphatic carbocycles. The van der Waals surface area contributed by atoms with Crippen LogP contribution in [0.15, 0.2) is 55.2 Å². The van der Waals surface area contributed by atoms with E-state index >= 15 is 0 Å². The lowest BCUT2D eigenvalue weighted by molar-refractivity contribution is 0.477. The third-order valence-electron chi connectivity index (χ3n) is 5.51. The quantitative estimate of drug-likeness (QED) is 0.369. The minimum atomic E-state index is 0.135. The molecule has 5 rings (SSSR count). The minimum absolute atomic E-state index is 0.135. The SMILES string of the molecule is C(#Cc1nccc(N2CCCCCC2)n1)Cn1cncn1.Nc1cc(-c2ccccc2O)nnc1N. The van der Waals surface area contributed by atoms with Gasteiger partial charge in [-0.3, -0.25) is 0 Å². The maximum Gasteiger partial charge on any atom is 0.206 e. The summed E-state index contributed by atoms with van der Waals surface area (Å²) in [4.78, 5) is 15.0. The fourth-order valence-electron chi connectivity index (χ4n) is 3.64. The molecule has 5 N–H and O–H groups in total. The second-order valence-electron chi connectivity index (χ2n) is 8.12. The Kier molecular flexibility index (Phi) is 8.22. The number of benzene rings is 1. The fourth-order valence-corrected chi connectivity index (χ4v) is 3.64. The predicted octanol–water partition coefficient (Wildman–Crippen LogP) is 2.51. The first-order chi connectivity index (χ1) is 17.6. The Morgan fingerprint density at radius 1 is 1.00 bits per heavy atom. The summed E-state index contributed by atoms with van der Waals surface area (Å²) in [5.74, 6) is 7.88. The number of hydrogen-bond acceptors (Lipinski definition) is 10. The summed E-state index contributed by atoms with van der Waals surface area (Å²) < 4.78 is 1.67. The lowest BCUT2D eigenvalue weighted by atomic mass is 10.1. The van der Waals surface area contributed by atoms with E-state index in [0.29, 0.717) is 29.3 Å². The number of hydrogen-bond donors (Lipinski definition) is 3. The van der Waals surface area contributed by atoms with Gasteiger partial charge in [-0.1, -0.05) is 30.9 Å². The first-order valence-electron chi connectivity index (χ1n) is 11.7. The van der Waals surface area contributed by atoms with Gasteiger partial charge in [-0.05, 0) is 43.0 Å². The van der Waals surface area contributed by atoms with Crippen molar-refractivity contribution in [3.05, 3.63) is 61.1 Å². The van der Waals surface area contributed by atoms with E-state index in [-0.39, 0.29) is 11.6 Å². The maximum absolute atomic E-state index is 9.58. The second kappa shape index (κ2) is 12.1. The van der Waals surface area contributed by atoms with E-state index in [4.69, 9.17) is 11.5 Å².